The Labute approximate surface area is 127 Å². The number of anilines is 1. The molecule has 2 rings (SSSR count). The van der Waals surface area contributed by atoms with Crippen molar-refractivity contribution >= 4 is 11.6 Å². The Morgan fingerprint density at radius 3 is 2.19 bits per heavy atom. The summed E-state index contributed by atoms with van der Waals surface area (Å²) in [6.45, 7) is 11.0. The van der Waals surface area contributed by atoms with Gasteiger partial charge in [-0.1, -0.05) is 13.8 Å². The lowest BCUT2D eigenvalue weighted by Gasteiger charge is -2.49. The van der Waals surface area contributed by atoms with Gasteiger partial charge in [0.25, 0.3) is 5.91 Å². The van der Waals surface area contributed by atoms with Crippen LogP contribution in [0.3, 0.4) is 0 Å². The number of rotatable bonds is 5. The van der Waals surface area contributed by atoms with Gasteiger partial charge in [0.05, 0.1) is 13.1 Å². The number of benzene rings is 1. The molecular formula is C17H26N2O2. The number of aliphatic hydroxyl groups is 1. The first-order valence-electron chi connectivity index (χ1n) is 7.78. The van der Waals surface area contributed by atoms with Gasteiger partial charge in [-0.3, -0.25) is 4.79 Å². The Hall–Kier alpha value is -1.55. The second-order valence-electron chi connectivity index (χ2n) is 6.14. The van der Waals surface area contributed by atoms with Crippen LogP contribution >= 0.6 is 0 Å². The van der Waals surface area contributed by atoms with Crippen molar-refractivity contribution in [2.24, 2.45) is 5.92 Å². The lowest BCUT2D eigenvalue weighted by atomic mass is 9.82. The fourth-order valence-electron chi connectivity index (χ4n) is 2.71. The van der Waals surface area contributed by atoms with Gasteiger partial charge in [-0.05, 0) is 44.0 Å². The highest BCUT2D eigenvalue weighted by molar-refractivity contribution is 5.95. The zero-order chi connectivity index (χ0) is 15.6. The highest BCUT2D eigenvalue weighted by atomic mass is 16.3. The second kappa shape index (κ2) is 6.06. The highest BCUT2D eigenvalue weighted by Gasteiger charge is 2.45. The van der Waals surface area contributed by atoms with E-state index < -0.39 is 5.60 Å². The molecule has 0 radical (unpaired) electrons. The van der Waals surface area contributed by atoms with Crippen LogP contribution in [0.15, 0.2) is 24.3 Å². The van der Waals surface area contributed by atoms with E-state index in [2.05, 4.69) is 18.7 Å². The van der Waals surface area contributed by atoms with Crippen molar-refractivity contribution in [3.63, 3.8) is 0 Å². The summed E-state index contributed by atoms with van der Waals surface area (Å²) in [5.74, 6) is 0.179. The summed E-state index contributed by atoms with van der Waals surface area (Å²) in [6.07, 6.45) is 0. The van der Waals surface area contributed by atoms with Crippen molar-refractivity contribution in [2.75, 3.05) is 31.1 Å². The highest BCUT2D eigenvalue weighted by Crippen LogP contribution is 2.30. The van der Waals surface area contributed by atoms with Gasteiger partial charge in [-0.25, -0.2) is 0 Å². The topological polar surface area (TPSA) is 43.8 Å². The fraction of sp³-hybridized carbons (Fsp3) is 0.588. The van der Waals surface area contributed by atoms with E-state index in [-0.39, 0.29) is 11.8 Å². The molecule has 0 saturated carbocycles. The molecule has 4 nitrogen and oxygen atoms in total. The van der Waals surface area contributed by atoms with Crippen molar-refractivity contribution < 1.29 is 9.90 Å². The van der Waals surface area contributed by atoms with Gasteiger partial charge in [0.1, 0.15) is 5.60 Å². The van der Waals surface area contributed by atoms with Crippen LogP contribution in [0.5, 0.6) is 0 Å². The summed E-state index contributed by atoms with van der Waals surface area (Å²) in [5, 5.41) is 10.2. The number of β-amino-alcohol motifs (C(OH)–C–C–N with tert-alkyl or cyclic N) is 1. The van der Waals surface area contributed by atoms with Gasteiger partial charge < -0.3 is 14.9 Å². The summed E-state index contributed by atoms with van der Waals surface area (Å²) in [5.41, 5.74) is 1.12. The molecule has 0 bridgehead atoms. The Bertz CT molecular complexity index is 486. The lowest BCUT2D eigenvalue weighted by molar-refractivity contribution is -0.110. The van der Waals surface area contributed by atoms with Gasteiger partial charge in [0.2, 0.25) is 0 Å². The van der Waals surface area contributed by atoms with Crippen LogP contribution < -0.4 is 4.90 Å². The quantitative estimate of drug-likeness (QED) is 0.905. The number of amides is 1. The predicted molar refractivity (Wildman–Crippen MR) is 85.7 cm³/mol. The normalized spacial score (nSPS) is 16.8. The van der Waals surface area contributed by atoms with Gasteiger partial charge in [-0.2, -0.15) is 0 Å². The van der Waals surface area contributed by atoms with E-state index in [0.29, 0.717) is 18.7 Å². The van der Waals surface area contributed by atoms with Crippen LogP contribution in [-0.4, -0.2) is 47.7 Å². The molecule has 1 aromatic rings. The van der Waals surface area contributed by atoms with E-state index in [0.717, 1.165) is 18.8 Å². The minimum atomic E-state index is -0.711. The molecule has 0 atom stereocenters. The maximum atomic E-state index is 12.4. The van der Waals surface area contributed by atoms with Crippen LogP contribution in [0.2, 0.25) is 0 Å². The Morgan fingerprint density at radius 1 is 1.24 bits per heavy atom. The maximum Gasteiger partial charge on any atom is 0.254 e. The molecule has 116 valence electrons. The third kappa shape index (κ3) is 3.05. The van der Waals surface area contributed by atoms with E-state index in [1.165, 1.54) is 0 Å². The monoisotopic (exact) mass is 290 g/mol. The fourth-order valence-corrected chi connectivity index (χ4v) is 2.71. The molecule has 1 N–H and O–H groups in total. The molecule has 1 aliphatic heterocycles. The summed E-state index contributed by atoms with van der Waals surface area (Å²) >= 11 is 0. The van der Waals surface area contributed by atoms with E-state index >= 15 is 0 Å². The molecule has 0 unspecified atom stereocenters. The minimum Gasteiger partial charge on any atom is -0.386 e. The molecule has 1 fully saturated rings. The third-order valence-corrected chi connectivity index (χ3v) is 4.53. The zero-order valence-corrected chi connectivity index (χ0v) is 13.5. The standard InChI is InChI=1S/C17H26N2O2/c1-5-18(6-2)15-9-7-14(8-10-15)16(20)19-11-17(21,12-19)13(3)4/h7-10,13,21H,5-6,11-12H2,1-4H3. The molecule has 1 saturated heterocycles. The van der Waals surface area contributed by atoms with E-state index in [1.54, 1.807) is 4.90 Å². The molecule has 1 amide bonds. The molecule has 4 heteroatoms. The van der Waals surface area contributed by atoms with E-state index in [4.69, 9.17) is 0 Å². The second-order valence-corrected chi connectivity index (χ2v) is 6.14. The number of hydrogen-bond acceptors (Lipinski definition) is 3. The molecular weight excluding hydrogens is 264 g/mol. The summed E-state index contributed by atoms with van der Waals surface area (Å²) in [7, 11) is 0. The van der Waals surface area contributed by atoms with Gasteiger partial charge >= 0.3 is 0 Å². The third-order valence-electron chi connectivity index (χ3n) is 4.53. The predicted octanol–water partition coefficient (Wildman–Crippen LogP) is 2.38. The Balaban J connectivity index is 2.02. The van der Waals surface area contributed by atoms with Gasteiger partial charge in [0, 0.05) is 24.3 Å². The smallest absolute Gasteiger partial charge is 0.254 e. The average Bonchev–Trinajstić information content (AvgIpc) is 2.45. The Kier molecular flexibility index (Phi) is 4.57. The first kappa shape index (κ1) is 15.8. The van der Waals surface area contributed by atoms with Gasteiger partial charge in [0.15, 0.2) is 0 Å². The van der Waals surface area contributed by atoms with E-state index in [9.17, 15) is 9.90 Å². The summed E-state index contributed by atoms with van der Waals surface area (Å²) in [6, 6.07) is 7.74. The SMILES string of the molecule is CCN(CC)c1ccc(C(=O)N2CC(O)(C(C)C)C2)cc1. The lowest BCUT2D eigenvalue weighted by Crippen LogP contribution is -2.65. The molecule has 21 heavy (non-hydrogen) atoms. The molecule has 0 aliphatic carbocycles. The van der Waals surface area contributed by atoms with Crippen molar-refractivity contribution in [3.05, 3.63) is 29.8 Å². The van der Waals surface area contributed by atoms with Crippen molar-refractivity contribution in [2.45, 2.75) is 33.3 Å². The number of nitrogens with zero attached hydrogens (tertiary/aromatic N) is 2. The molecule has 1 heterocycles. The average molecular weight is 290 g/mol. The zero-order valence-electron chi connectivity index (χ0n) is 13.5. The van der Waals surface area contributed by atoms with Crippen molar-refractivity contribution in [1.29, 1.82) is 0 Å². The first-order valence-corrected chi connectivity index (χ1v) is 7.78. The van der Waals surface area contributed by atoms with Crippen LogP contribution in [0.1, 0.15) is 38.1 Å². The molecule has 0 spiro atoms. The number of hydrogen-bond donors (Lipinski definition) is 1. The number of carbonyl (C=O) groups is 1. The summed E-state index contributed by atoms with van der Waals surface area (Å²) in [4.78, 5) is 16.3. The van der Waals surface area contributed by atoms with Crippen LogP contribution in [-0.2, 0) is 0 Å². The maximum absolute atomic E-state index is 12.4. The molecule has 0 aromatic heterocycles. The summed E-state index contributed by atoms with van der Waals surface area (Å²) < 4.78 is 0. The largest absolute Gasteiger partial charge is 0.386 e. The molecule has 1 aliphatic rings. The Morgan fingerprint density at radius 2 is 1.76 bits per heavy atom. The van der Waals surface area contributed by atoms with Crippen LogP contribution in [0.4, 0.5) is 5.69 Å². The van der Waals surface area contributed by atoms with Crippen LogP contribution in [0, 0.1) is 5.92 Å². The van der Waals surface area contributed by atoms with Crippen LogP contribution in [0.25, 0.3) is 0 Å². The number of carbonyl (C=O) groups excluding carboxylic acids is 1. The van der Waals surface area contributed by atoms with Crippen molar-refractivity contribution in [1.82, 2.24) is 4.90 Å². The van der Waals surface area contributed by atoms with E-state index in [1.807, 2.05) is 38.1 Å². The van der Waals surface area contributed by atoms with Gasteiger partial charge in [-0.15, -0.1) is 0 Å². The number of likely N-dealkylation sites (tertiary alicyclic amines) is 1. The van der Waals surface area contributed by atoms with Crippen molar-refractivity contribution in [3.8, 4) is 0 Å². The molecule has 1 aromatic carbocycles. The minimum absolute atomic E-state index is 0.00595. The first-order chi connectivity index (χ1) is 9.91.